The van der Waals surface area contributed by atoms with Crippen LogP contribution in [0.25, 0.3) is 0 Å². The highest BCUT2D eigenvalue weighted by Crippen LogP contribution is 2.18. The number of furan rings is 1. The summed E-state index contributed by atoms with van der Waals surface area (Å²) in [5.41, 5.74) is 2.64. The van der Waals surface area contributed by atoms with E-state index in [1.807, 2.05) is 12.1 Å². The van der Waals surface area contributed by atoms with Crippen molar-refractivity contribution in [2.45, 2.75) is 6.04 Å². The van der Waals surface area contributed by atoms with Crippen LogP contribution in [0, 0.1) is 0 Å². The van der Waals surface area contributed by atoms with Crippen LogP contribution in [0.3, 0.4) is 0 Å². The van der Waals surface area contributed by atoms with Gasteiger partial charge in [-0.3, -0.25) is 5.84 Å². The molecule has 3 N–H and O–H groups in total. The standard InChI is InChI=1S/C12H13ClN2O2/c13-9-3-5-10(6-4-9)17-8-11(15-14)12-2-1-7-16-12/h1-7,11,15H,8,14H2. The van der Waals surface area contributed by atoms with E-state index in [0.29, 0.717) is 11.6 Å². The number of nitrogens with two attached hydrogens (primary N) is 1. The fourth-order valence-electron chi connectivity index (χ4n) is 1.41. The molecule has 0 aliphatic carbocycles. The first-order valence-electron chi connectivity index (χ1n) is 5.17. The number of nitrogens with one attached hydrogen (secondary N) is 1. The molecule has 0 amide bonds. The Morgan fingerprint density at radius 2 is 2.06 bits per heavy atom. The lowest BCUT2D eigenvalue weighted by Gasteiger charge is -2.14. The third kappa shape index (κ3) is 3.23. The van der Waals surface area contributed by atoms with Crippen molar-refractivity contribution in [3.63, 3.8) is 0 Å². The molecule has 0 radical (unpaired) electrons. The molecule has 0 spiro atoms. The second-order valence-electron chi connectivity index (χ2n) is 3.50. The number of hydrogen-bond donors (Lipinski definition) is 2. The zero-order valence-corrected chi connectivity index (χ0v) is 9.85. The van der Waals surface area contributed by atoms with E-state index in [0.717, 1.165) is 11.5 Å². The Morgan fingerprint density at radius 3 is 2.65 bits per heavy atom. The fraction of sp³-hybridized carbons (Fsp3) is 0.167. The van der Waals surface area contributed by atoms with Crippen molar-refractivity contribution in [2.75, 3.05) is 6.61 Å². The highest BCUT2D eigenvalue weighted by Gasteiger charge is 2.13. The molecule has 1 atom stereocenters. The maximum absolute atomic E-state index is 5.78. The molecule has 90 valence electrons. The van der Waals surface area contributed by atoms with Gasteiger partial charge in [-0.2, -0.15) is 0 Å². The third-order valence-electron chi connectivity index (χ3n) is 2.32. The molecule has 0 bridgehead atoms. The molecule has 1 unspecified atom stereocenters. The molecular weight excluding hydrogens is 240 g/mol. The summed E-state index contributed by atoms with van der Waals surface area (Å²) in [4.78, 5) is 0. The van der Waals surface area contributed by atoms with Crippen LogP contribution in [-0.4, -0.2) is 6.61 Å². The molecule has 2 aromatic rings. The number of hydrazine groups is 1. The Kier molecular flexibility index (Phi) is 4.03. The predicted octanol–water partition coefficient (Wildman–Crippen LogP) is 2.52. The summed E-state index contributed by atoms with van der Waals surface area (Å²) < 4.78 is 10.8. The second-order valence-corrected chi connectivity index (χ2v) is 3.94. The van der Waals surface area contributed by atoms with Gasteiger partial charge in [0.2, 0.25) is 0 Å². The highest BCUT2D eigenvalue weighted by molar-refractivity contribution is 6.30. The minimum absolute atomic E-state index is 0.180. The summed E-state index contributed by atoms with van der Waals surface area (Å²) in [6, 6.07) is 10.6. The minimum Gasteiger partial charge on any atom is -0.491 e. The molecule has 1 aromatic carbocycles. The zero-order chi connectivity index (χ0) is 12.1. The Balaban J connectivity index is 1.94. The average Bonchev–Trinajstić information content (AvgIpc) is 2.86. The molecule has 17 heavy (non-hydrogen) atoms. The maximum atomic E-state index is 5.78. The number of halogens is 1. The smallest absolute Gasteiger partial charge is 0.125 e. The van der Waals surface area contributed by atoms with E-state index < -0.39 is 0 Å². The van der Waals surface area contributed by atoms with Crippen molar-refractivity contribution in [1.82, 2.24) is 5.43 Å². The van der Waals surface area contributed by atoms with E-state index in [4.69, 9.17) is 26.6 Å². The van der Waals surface area contributed by atoms with Crippen molar-refractivity contribution in [1.29, 1.82) is 0 Å². The predicted molar refractivity (Wildman–Crippen MR) is 65.7 cm³/mol. The van der Waals surface area contributed by atoms with Crippen LogP contribution in [0.4, 0.5) is 0 Å². The van der Waals surface area contributed by atoms with Gasteiger partial charge in [0.15, 0.2) is 0 Å². The van der Waals surface area contributed by atoms with E-state index in [1.165, 1.54) is 0 Å². The Labute approximate surface area is 104 Å². The highest BCUT2D eigenvalue weighted by atomic mass is 35.5. The Hall–Kier alpha value is -1.49. The van der Waals surface area contributed by atoms with E-state index in [2.05, 4.69) is 5.43 Å². The van der Waals surface area contributed by atoms with Crippen LogP contribution in [0.1, 0.15) is 11.8 Å². The Morgan fingerprint density at radius 1 is 1.29 bits per heavy atom. The van der Waals surface area contributed by atoms with Gasteiger partial charge in [0.25, 0.3) is 0 Å². The van der Waals surface area contributed by atoms with Crippen molar-refractivity contribution < 1.29 is 9.15 Å². The largest absolute Gasteiger partial charge is 0.491 e. The quantitative estimate of drug-likeness (QED) is 0.634. The van der Waals surface area contributed by atoms with Gasteiger partial charge in [0, 0.05) is 5.02 Å². The first kappa shape index (κ1) is 12.0. The third-order valence-corrected chi connectivity index (χ3v) is 2.57. The first-order valence-corrected chi connectivity index (χ1v) is 5.55. The van der Waals surface area contributed by atoms with Crippen molar-refractivity contribution in [2.24, 2.45) is 5.84 Å². The van der Waals surface area contributed by atoms with Crippen molar-refractivity contribution in [3.05, 3.63) is 53.4 Å². The molecule has 2 rings (SSSR count). The van der Waals surface area contributed by atoms with Crippen LogP contribution in [0.15, 0.2) is 47.1 Å². The summed E-state index contributed by atoms with van der Waals surface area (Å²) in [7, 11) is 0. The molecule has 0 fully saturated rings. The zero-order valence-electron chi connectivity index (χ0n) is 9.10. The van der Waals surface area contributed by atoms with Crippen LogP contribution in [-0.2, 0) is 0 Å². The minimum atomic E-state index is -0.180. The normalized spacial score (nSPS) is 12.4. The molecule has 4 nitrogen and oxygen atoms in total. The van der Waals surface area contributed by atoms with E-state index in [1.54, 1.807) is 30.5 Å². The fourth-order valence-corrected chi connectivity index (χ4v) is 1.54. The summed E-state index contributed by atoms with van der Waals surface area (Å²) in [6.45, 7) is 0.381. The summed E-state index contributed by atoms with van der Waals surface area (Å²) in [6.07, 6.45) is 1.60. The van der Waals surface area contributed by atoms with Gasteiger partial charge in [0.1, 0.15) is 24.2 Å². The topological polar surface area (TPSA) is 60.4 Å². The molecule has 1 heterocycles. The van der Waals surface area contributed by atoms with Crippen LogP contribution in [0.2, 0.25) is 5.02 Å². The number of hydrogen-bond acceptors (Lipinski definition) is 4. The lowest BCUT2D eigenvalue weighted by molar-refractivity contribution is 0.247. The summed E-state index contributed by atoms with van der Waals surface area (Å²) in [5, 5.41) is 0.678. The van der Waals surface area contributed by atoms with Gasteiger partial charge < -0.3 is 9.15 Å². The van der Waals surface area contributed by atoms with Gasteiger partial charge in [0.05, 0.1) is 6.26 Å². The lowest BCUT2D eigenvalue weighted by atomic mass is 10.2. The molecule has 0 saturated heterocycles. The Bertz CT molecular complexity index is 442. The van der Waals surface area contributed by atoms with Gasteiger partial charge >= 0.3 is 0 Å². The van der Waals surface area contributed by atoms with Gasteiger partial charge in [-0.15, -0.1) is 0 Å². The first-order chi connectivity index (χ1) is 8.29. The molecular formula is C12H13ClN2O2. The summed E-state index contributed by atoms with van der Waals surface area (Å²) in [5.74, 6) is 6.92. The number of ether oxygens (including phenoxy) is 1. The molecule has 5 heteroatoms. The van der Waals surface area contributed by atoms with E-state index in [9.17, 15) is 0 Å². The number of rotatable bonds is 5. The van der Waals surface area contributed by atoms with Crippen LogP contribution >= 0.6 is 11.6 Å². The molecule has 0 saturated carbocycles. The van der Waals surface area contributed by atoms with Crippen LogP contribution in [0.5, 0.6) is 5.75 Å². The maximum Gasteiger partial charge on any atom is 0.125 e. The molecule has 1 aromatic heterocycles. The van der Waals surface area contributed by atoms with E-state index >= 15 is 0 Å². The van der Waals surface area contributed by atoms with Gasteiger partial charge in [-0.1, -0.05) is 11.6 Å². The summed E-state index contributed by atoms with van der Waals surface area (Å²) >= 11 is 5.78. The van der Waals surface area contributed by atoms with Gasteiger partial charge in [-0.05, 0) is 36.4 Å². The lowest BCUT2D eigenvalue weighted by Crippen LogP contribution is -2.32. The molecule has 0 aliphatic heterocycles. The number of benzene rings is 1. The van der Waals surface area contributed by atoms with Crippen molar-refractivity contribution >= 4 is 11.6 Å². The SMILES string of the molecule is NNC(COc1ccc(Cl)cc1)c1ccco1. The van der Waals surface area contributed by atoms with E-state index in [-0.39, 0.29) is 6.04 Å². The van der Waals surface area contributed by atoms with Gasteiger partial charge in [-0.25, -0.2) is 5.43 Å². The van der Waals surface area contributed by atoms with Crippen LogP contribution < -0.4 is 16.0 Å². The monoisotopic (exact) mass is 252 g/mol. The molecule has 0 aliphatic rings. The van der Waals surface area contributed by atoms with Crippen molar-refractivity contribution in [3.8, 4) is 5.75 Å². The second kappa shape index (κ2) is 5.72. The average molecular weight is 253 g/mol.